The van der Waals surface area contributed by atoms with E-state index in [1.165, 1.54) is 23.8 Å². The molecule has 4 aromatic rings. The van der Waals surface area contributed by atoms with E-state index in [2.05, 4.69) is 4.98 Å². The molecule has 0 saturated carbocycles. The predicted octanol–water partition coefficient (Wildman–Crippen LogP) is 3.00. The van der Waals surface area contributed by atoms with Crippen molar-refractivity contribution in [2.75, 3.05) is 7.11 Å². The monoisotopic (exact) mass is 379 g/mol. The zero-order valence-corrected chi connectivity index (χ0v) is 15.3. The predicted molar refractivity (Wildman–Crippen MR) is 103 cm³/mol. The molecule has 0 unspecified atom stereocenters. The number of carbonyl (C=O) groups excluding carboxylic acids is 1. The largest absolute Gasteiger partial charge is 0.481 e. The Morgan fingerprint density at radius 3 is 2.82 bits per heavy atom. The average Bonchev–Trinajstić information content (AvgIpc) is 3.18. The molecule has 0 fully saturated rings. The van der Waals surface area contributed by atoms with Crippen LogP contribution in [0.5, 0.6) is 5.88 Å². The molecule has 0 aliphatic heterocycles. The van der Waals surface area contributed by atoms with Crippen molar-refractivity contribution in [2.24, 2.45) is 0 Å². The van der Waals surface area contributed by atoms with Gasteiger partial charge in [-0.3, -0.25) is 9.59 Å². The lowest BCUT2D eigenvalue weighted by molar-refractivity contribution is -0.118. The number of aryl methyl sites for hydroxylation is 1. The fourth-order valence-corrected chi connectivity index (χ4v) is 3.38. The summed E-state index contributed by atoms with van der Waals surface area (Å²) in [7, 11) is 1.52. The van der Waals surface area contributed by atoms with Gasteiger partial charge in [-0.25, -0.2) is 9.37 Å². The van der Waals surface area contributed by atoms with E-state index < -0.39 is 5.82 Å². The van der Waals surface area contributed by atoms with Crippen LogP contribution < -0.4 is 10.3 Å². The lowest BCUT2D eigenvalue weighted by Crippen LogP contribution is -2.24. The Bertz CT molecular complexity index is 1240. The number of hydrogen-bond donors (Lipinski definition) is 0. The van der Waals surface area contributed by atoms with Crippen molar-refractivity contribution in [3.05, 3.63) is 76.6 Å². The number of pyridine rings is 1. The van der Waals surface area contributed by atoms with Crippen LogP contribution in [0.15, 0.2) is 59.7 Å². The molecule has 28 heavy (non-hydrogen) atoms. The fraction of sp³-hybridized carbons (Fsp3) is 0.190. The highest BCUT2D eigenvalue weighted by Crippen LogP contribution is 2.17. The normalized spacial score (nSPS) is 11.2. The van der Waals surface area contributed by atoms with Crippen molar-refractivity contribution in [1.82, 2.24) is 14.0 Å². The molecule has 3 aromatic heterocycles. The third kappa shape index (κ3) is 3.26. The molecule has 0 amide bonds. The Morgan fingerprint density at radius 1 is 1.14 bits per heavy atom. The van der Waals surface area contributed by atoms with Crippen LogP contribution in [0.2, 0.25) is 0 Å². The minimum Gasteiger partial charge on any atom is -0.481 e. The number of benzene rings is 1. The first-order valence-electron chi connectivity index (χ1n) is 8.86. The molecule has 0 spiro atoms. The zero-order chi connectivity index (χ0) is 19.7. The molecule has 0 atom stereocenters. The number of ether oxygens (including phenoxy) is 1. The van der Waals surface area contributed by atoms with Crippen LogP contribution in [0.1, 0.15) is 12.0 Å². The van der Waals surface area contributed by atoms with Crippen LogP contribution in [0.4, 0.5) is 4.39 Å². The van der Waals surface area contributed by atoms with Crippen molar-refractivity contribution in [3.8, 4) is 5.88 Å². The molecule has 4 rings (SSSR count). The number of aromatic nitrogens is 3. The summed E-state index contributed by atoms with van der Waals surface area (Å²) in [5.74, 6) is -0.0102. The van der Waals surface area contributed by atoms with Crippen LogP contribution in [0.25, 0.3) is 16.6 Å². The Hall–Kier alpha value is -3.48. The number of Topliss-reactive ketones (excluding diaryl/α,β-unsaturated/α-hetero) is 1. The van der Waals surface area contributed by atoms with Crippen LogP contribution in [0, 0.1) is 5.82 Å². The van der Waals surface area contributed by atoms with Gasteiger partial charge in [0, 0.05) is 37.8 Å². The average molecular weight is 379 g/mol. The first-order chi connectivity index (χ1) is 13.6. The van der Waals surface area contributed by atoms with Crippen molar-refractivity contribution < 1.29 is 13.9 Å². The topological polar surface area (TPSA) is 65.6 Å². The number of carbonyl (C=O) groups is 1. The molecule has 0 saturated heterocycles. The van der Waals surface area contributed by atoms with Gasteiger partial charge in [0.25, 0.3) is 5.56 Å². The third-order valence-electron chi connectivity index (χ3n) is 4.72. The van der Waals surface area contributed by atoms with Gasteiger partial charge in [-0.15, -0.1) is 0 Å². The molecule has 142 valence electrons. The highest BCUT2D eigenvalue weighted by molar-refractivity contribution is 5.82. The Labute approximate surface area is 159 Å². The number of methoxy groups -OCH3 is 1. The minimum absolute atomic E-state index is 0.0278. The van der Waals surface area contributed by atoms with Crippen molar-refractivity contribution >= 4 is 22.3 Å². The van der Waals surface area contributed by atoms with Gasteiger partial charge in [0.05, 0.1) is 18.1 Å². The van der Waals surface area contributed by atoms with Crippen molar-refractivity contribution in [1.29, 1.82) is 0 Å². The van der Waals surface area contributed by atoms with E-state index in [9.17, 15) is 14.0 Å². The maximum absolute atomic E-state index is 13.8. The standard InChI is InChI=1S/C21H18FN3O3/c1-28-20-12-14(6-8-23-20)11-16(26)7-10-25-19-13-15(22)4-5-17(19)24-9-2-3-18(24)21(25)27/h2-6,8-9,12-13H,7,10-11H2,1H3. The molecule has 6 nitrogen and oxygen atoms in total. The molecule has 0 aliphatic carbocycles. The maximum atomic E-state index is 13.8. The van der Waals surface area contributed by atoms with Gasteiger partial charge in [-0.1, -0.05) is 0 Å². The first kappa shape index (κ1) is 17.9. The zero-order valence-electron chi connectivity index (χ0n) is 15.3. The summed E-state index contributed by atoms with van der Waals surface area (Å²) >= 11 is 0. The molecular weight excluding hydrogens is 361 g/mol. The molecular formula is C21H18FN3O3. The van der Waals surface area contributed by atoms with Gasteiger partial charge < -0.3 is 13.7 Å². The molecule has 1 aromatic carbocycles. The number of rotatable bonds is 6. The number of nitrogens with zero attached hydrogens (tertiary/aromatic N) is 3. The second kappa shape index (κ2) is 7.26. The molecule has 0 radical (unpaired) electrons. The summed E-state index contributed by atoms with van der Waals surface area (Å²) in [5, 5.41) is 0. The number of halogens is 1. The Morgan fingerprint density at radius 2 is 2.00 bits per heavy atom. The van der Waals surface area contributed by atoms with Gasteiger partial charge >= 0.3 is 0 Å². The van der Waals surface area contributed by atoms with Crippen molar-refractivity contribution in [2.45, 2.75) is 19.4 Å². The SMILES string of the molecule is COc1cc(CC(=O)CCn2c(=O)c3cccn3c3ccc(F)cc32)ccn1. The quantitative estimate of drug-likeness (QED) is 0.517. The van der Waals surface area contributed by atoms with Crippen LogP contribution in [-0.4, -0.2) is 26.8 Å². The highest BCUT2D eigenvalue weighted by Gasteiger charge is 2.13. The fourth-order valence-electron chi connectivity index (χ4n) is 3.38. The molecule has 0 bridgehead atoms. The minimum atomic E-state index is -0.428. The second-order valence-electron chi connectivity index (χ2n) is 6.53. The molecule has 0 N–H and O–H groups in total. The van der Waals surface area contributed by atoms with Crippen LogP contribution in [-0.2, 0) is 17.8 Å². The van der Waals surface area contributed by atoms with Crippen LogP contribution in [0.3, 0.4) is 0 Å². The second-order valence-corrected chi connectivity index (χ2v) is 6.53. The molecule has 7 heteroatoms. The van der Waals surface area contributed by atoms with E-state index in [-0.39, 0.29) is 30.7 Å². The van der Waals surface area contributed by atoms with E-state index in [4.69, 9.17) is 4.74 Å². The van der Waals surface area contributed by atoms with Crippen LogP contribution >= 0.6 is 0 Å². The Balaban J connectivity index is 1.63. The van der Waals surface area contributed by atoms with E-state index in [1.54, 1.807) is 47.1 Å². The number of hydrogen-bond acceptors (Lipinski definition) is 4. The first-order valence-corrected chi connectivity index (χ1v) is 8.86. The summed E-state index contributed by atoms with van der Waals surface area (Å²) < 4.78 is 22.1. The molecule has 0 aliphatic rings. The molecule has 3 heterocycles. The summed E-state index contributed by atoms with van der Waals surface area (Å²) in [6, 6.07) is 11.3. The van der Waals surface area contributed by atoms with Gasteiger partial charge in [0.2, 0.25) is 5.88 Å². The summed E-state index contributed by atoms with van der Waals surface area (Å²) in [4.78, 5) is 29.3. The van der Waals surface area contributed by atoms with E-state index in [1.807, 2.05) is 0 Å². The van der Waals surface area contributed by atoms with Gasteiger partial charge in [0.1, 0.15) is 17.1 Å². The lowest BCUT2D eigenvalue weighted by atomic mass is 10.1. The van der Waals surface area contributed by atoms with Gasteiger partial charge in [-0.2, -0.15) is 0 Å². The van der Waals surface area contributed by atoms with E-state index in [0.717, 1.165) is 5.56 Å². The summed E-state index contributed by atoms with van der Waals surface area (Å²) in [5.41, 5.74) is 2.22. The van der Waals surface area contributed by atoms with Crippen molar-refractivity contribution in [3.63, 3.8) is 0 Å². The summed E-state index contributed by atoms with van der Waals surface area (Å²) in [6.45, 7) is 0.182. The Kier molecular flexibility index (Phi) is 4.65. The third-order valence-corrected chi connectivity index (χ3v) is 4.72. The number of fused-ring (bicyclic) bond motifs is 3. The van der Waals surface area contributed by atoms with Gasteiger partial charge in [-0.05, 0) is 42.0 Å². The number of ketones is 1. The summed E-state index contributed by atoms with van der Waals surface area (Å²) in [6.07, 6.45) is 3.73. The smallest absolute Gasteiger partial charge is 0.275 e. The maximum Gasteiger partial charge on any atom is 0.275 e. The van der Waals surface area contributed by atoms with Gasteiger partial charge in [0.15, 0.2) is 0 Å². The van der Waals surface area contributed by atoms with E-state index in [0.29, 0.717) is 22.4 Å². The lowest BCUT2D eigenvalue weighted by Gasteiger charge is -2.12. The van der Waals surface area contributed by atoms with E-state index >= 15 is 0 Å². The highest BCUT2D eigenvalue weighted by atomic mass is 19.1.